The molecule has 1 aliphatic heterocycles. The fraction of sp³-hybridized carbons (Fsp3) is 0.364. The minimum atomic E-state index is -0.873. The number of aromatic hydroxyl groups is 1. The summed E-state index contributed by atoms with van der Waals surface area (Å²) in [6.45, 7) is 0. The first-order chi connectivity index (χ1) is 8.11. The molecule has 0 spiro atoms. The van der Waals surface area contributed by atoms with Crippen molar-refractivity contribution in [3.05, 3.63) is 23.8 Å². The predicted molar refractivity (Wildman–Crippen MR) is 64.4 cm³/mol. The predicted octanol–water partition coefficient (Wildman–Crippen LogP) is 1.19. The molecule has 1 unspecified atom stereocenters. The van der Waals surface area contributed by atoms with Gasteiger partial charge in [-0.15, -0.1) is 11.8 Å². The van der Waals surface area contributed by atoms with E-state index in [0.29, 0.717) is 17.1 Å². The van der Waals surface area contributed by atoms with Crippen molar-refractivity contribution in [2.24, 2.45) is 0 Å². The van der Waals surface area contributed by atoms with Gasteiger partial charge in [0.15, 0.2) is 0 Å². The molecule has 1 aromatic carbocycles. The fourth-order valence-electron chi connectivity index (χ4n) is 1.66. The van der Waals surface area contributed by atoms with E-state index in [4.69, 9.17) is 9.84 Å². The summed E-state index contributed by atoms with van der Waals surface area (Å²) in [5.74, 6) is 0.389. The Morgan fingerprint density at radius 3 is 2.94 bits per heavy atom. The Kier molecular flexibility index (Phi) is 3.44. The molecule has 1 aromatic rings. The second-order valence-electron chi connectivity index (χ2n) is 3.70. The average Bonchev–Trinajstić information content (AvgIpc) is 2.79. The third-order valence-electron chi connectivity index (χ3n) is 2.60. The Balaban J connectivity index is 2.20. The molecule has 0 amide bonds. The van der Waals surface area contributed by atoms with Gasteiger partial charge in [0, 0.05) is 11.3 Å². The number of ether oxygens (including phenoxy) is 1. The van der Waals surface area contributed by atoms with E-state index in [-0.39, 0.29) is 11.1 Å². The topological polar surface area (TPSA) is 78.8 Å². The number of aliphatic carboxylic acids is 1. The van der Waals surface area contributed by atoms with Crippen molar-refractivity contribution < 1.29 is 19.7 Å². The molecule has 6 heteroatoms. The van der Waals surface area contributed by atoms with Gasteiger partial charge in [-0.2, -0.15) is 0 Å². The van der Waals surface area contributed by atoms with E-state index in [9.17, 15) is 9.90 Å². The van der Waals surface area contributed by atoms with Gasteiger partial charge >= 0.3 is 5.97 Å². The lowest BCUT2D eigenvalue weighted by atomic mass is 10.1. The van der Waals surface area contributed by atoms with Gasteiger partial charge in [0.1, 0.15) is 17.5 Å². The Morgan fingerprint density at radius 1 is 1.59 bits per heavy atom. The zero-order valence-corrected chi connectivity index (χ0v) is 10.0. The van der Waals surface area contributed by atoms with Gasteiger partial charge in [-0.3, -0.25) is 10.1 Å². The largest absolute Gasteiger partial charge is 0.508 e. The lowest BCUT2D eigenvalue weighted by Gasteiger charge is -2.14. The van der Waals surface area contributed by atoms with E-state index < -0.39 is 12.0 Å². The van der Waals surface area contributed by atoms with Crippen LogP contribution in [0, 0.1) is 0 Å². The van der Waals surface area contributed by atoms with Gasteiger partial charge in [-0.25, -0.2) is 0 Å². The van der Waals surface area contributed by atoms with Crippen molar-refractivity contribution in [1.29, 1.82) is 0 Å². The van der Waals surface area contributed by atoms with Gasteiger partial charge in [0.25, 0.3) is 0 Å². The number of benzene rings is 1. The number of thioether (sulfide) groups is 1. The van der Waals surface area contributed by atoms with Crippen LogP contribution >= 0.6 is 11.8 Å². The Labute approximate surface area is 103 Å². The normalized spacial score (nSPS) is 23.6. The van der Waals surface area contributed by atoms with Crippen molar-refractivity contribution in [3.63, 3.8) is 0 Å². The molecule has 92 valence electrons. The molecule has 1 saturated heterocycles. The molecule has 0 saturated carbocycles. The zero-order chi connectivity index (χ0) is 12.4. The minimum Gasteiger partial charge on any atom is -0.508 e. The average molecular weight is 255 g/mol. The third-order valence-corrected chi connectivity index (χ3v) is 3.85. The second kappa shape index (κ2) is 4.85. The monoisotopic (exact) mass is 255 g/mol. The number of hydrogen-bond acceptors (Lipinski definition) is 5. The third kappa shape index (κ3) is 2.48. The maximum Gasteiger partial charge on any atom is 0.321 e. The maximum atomic E-state index is 10.8. The number of phenolic OH excluding ortho intramolecular Hbond substituents is 1. The minimum absolute atomic E-state index is 0.141. The molecule has 3 N–H and O–H groups in total. The molecule has 1 aliphatic rings. The number of carbonyl (C=O) groups is 1. The highest BCUT2D eigenvalue weighted by atomic mass is 32.2. The van der Waals surface area contributed by atoms with Gasteiger partial charge in [0.05, 0.1) is 12.5 Å². The van der Waals surface area contributed by atoms with Crippen LogP contribution in [0.2, 0.25) is 0 Å². The summed E-state index contributed by atoms with van der Waals surface area (Å²) in [5, 5.41) is 21.4. The fourth-order valence-corrected chi connectivity index (χ4v) is 2.92. The summed E-state index contributed by atoms with van der Waals surface area (Å²) >= 11 is 1.46. The SMILES string of the molecule is COc1ccc(O)c(C2N[C@H](C(=O)O)CS2)c1. The molecule has 2 rings (SSSR count). The molecule has 1 heterocycles. The molecule has 0 radical (unpaired) electrons. The van der Waals surface area contributed by atoms with Crippen LogP contribution in [0.25, 0.3) is 0 Å². The number of phenols is 1. The summed E-state index contributed by atoms with van der Waals surface area (Å²) in [6, 6.07) is 4.34. The van der Waals surface area contributed by atoms with E-state index >= 15 is 0 Å². The molecule has 0 aromatic heterocycles. The van der Waals surface area contributed by atoms with Crippen molar-refractivity contribution in [1.82, 2.24) is 5.32 Å². The van der Waals surface area contributed by atoms with Crippen molar-refractivity contribution >= 4 is 17.7 Å². The summed E-state index contributed by atoms with van der Waals surface area (Å²) in [4.78, 5) is 10.8. The lowest BCUT2D eigenvalue weighted by Crippen LogP contribution is -2.33. The number of nitrogens with one attached hydrogen (secondary N) is 1. The molecular weight excluding hydrogens is 242 g/mol. The number of carboxylic acids is 1. The number of hydrogen-bond donors (Lipinski definition) is 3. The summed E-state index contributed by atoms with van der Waals surface area (Å²) in [6.07, 6.45) is 0. The molecule has 0 bridgehead atoms. The Morgan fingerprint density at radius 2 is 2.35 bits per heavy atom. The van der Waals surface area contributed by atoms with Gasteiger partial charge < -0.3 is 14.9 Å². The van der Waals surface area contributed by atoms with E-state index in [1.165, 1.54) is 11.8 Å². The van der Waals surface area contributed by atoms with Crippen LogP contribution in [-0.4, -0.2) is 35.1 Å². The smallest absolute Gasteiger partial charge is 0.321 e. The Bertz CT molecular complexity index is 437. The highest BCUT2D eigenvalue weighted by Gasteiger charge is 2.31. The van der Waals surface area contributed by atoms with Crippen LogP contribution in [0.3, 0.4) is 0 Å². The Hall–Kier alpha value is -1.40. The van der Waals surface area contributed by atoms with E-state index in [2.05, 4.69) is 5.32 Å². The van der Waals surface area contributed by atoms with Crippen LogP contribution in [0.4, 0.5) is 0 Å². The van der Waals surface area contributed by atoms with Crippen molar-refractivity contribution in [2.75, 3.05) is 12.9 Å². The highest BCUT2D eigenvalue weighted by molar-refractivity contribution is 7.99. The van der Waals surface area contributed by atoms with Gasteiger partial charge in [-0.05, 0) is 18.2 Å². The summed E-state index contributed by atoms with van der Waals surface area (Å²) in [5.41, 5.74) is 0.651. The standard InChI is InChI=1S/C11H13NO4S/c1-16-6-2-3-9(13)7(4-6)10-12-8(5-17-10)11(14)15/h2-4,8,10,12-13H,5H2,1H3,(H,14,15)/t8-,10?/m0/s1. The van der Waals surface area contributed by atoms with Crippen LogP contribution in [0.5, 0.6) is 11.5 Å². The lowest BCUT2D eigenvalue weighted by molar-refractivity contribution is -0.138. The van der Waals surface area contributed by atoms with Crippen LogP contribution in [0.1, 0.15) is 10.9 Å². The van der Waals surface area contributed by atoms with Crippen molar-refractivity contribution in [2.45, 2.75) is 11.4 Å². The maximum absolute atomic E-state index is 10.8. The molecular formula is C11H13NO4S. The van der Waals surface area contributed by atoms with Gasteiger partial charge in [0.2, 0.25) is 0 Å². The highest BCUT2D eigenvalue weighted by Crippen LogP contribution is 2.38. The van der Waals surface area contributed by atoms with Crippen LogP contribution in [0.15, 0.2) is 18.2 Å². The summed E-state index contributed by atoms with van der Waals surface area (Å²) < 4.78 is 5.08. The zero-order valence-electron chi connectivity index (χ0n) is 9.21. The van der Waals surface area contributed by atoms with Crippen molar-refractivity contribution in [3.8, 4) is 11.5 Å². The van der Waals surface area contributed by atoms with E-state index in [1.807, 2.05) is 0 Å². The second-order valence-corrected chi connectivity index (χ2v) is 4.83. The molecule has 17 heavy (non-hydrogen) atoms. The number of methoxy groups -OCH3 is 1. The van der Waals surface area contributed by atoms with E-state index in [0.717, 1.165) is 0 Å². The molecule has 2 atom stereocenters. The summed E-state index contributed by atoms with van der Waals surface area (Å²) in [7, 11) is 1.55. The quantitative estimate of drug-likeness (QED) is 0.753. The van der Waals surface area contributed by atoms with Gasteiger partial charge in [-0.1, -0.05) is 0 Å². The van der Waals surface area contributed by atoms with Crippen LogP contribution < -0.4 is 10.1 Å². The first-order valence-electron chi connectivity index (χ1n) is 5.09. The first kappa shape index (κ1) is 12.1. The van der Waals surface area contributed by atoms with E-state index in [1.54, 1.807) is 25.3 Å². The molecule has 1 fully saturated rings. The number of rotatable bonds is 3. The number of carboxylic acid groups (broad SMARTS) is 1. The molecule has 0 aliphatic carbocycles. The molecule has 5 nitrogen and oxygen atoms in total. The van der Waals surface area contributed by atoms with Crippen LogP contribution in [-0.2, 0) is 4.79 Å². The first-order valence-corrected chi connectivity index (χ1v) is 6.14.